The first-order chi connectivity index (χ1) is 6.86. The number of nitrogens with one attached hydrogen (secondary N) is 1. The minimum atomic E-state index is 0.829. The molecule has 0 amide bonds. The van der Waals surface area contributed by atoms with Crippen LogP contribution in [0.2, 0.25) is 0 Å². The van der Waals surface area contributed by atoms with Gasteiger partial charge in [-0.25, -0.2) is 0 Å². The Kier molecular flexibility index (Phi) is 3.90. The predicted molar refractivity (Wildman–Crippen MR) is 65.9 cm³/mol. The van der Waals surface area contributed by atoms with Crippen molar-refractivity contribution in [3.8, 4) is 0 Å². The summed E-state index contributed by atoms with van der Waals surface area (Å²) in [5.41, 5.74) is 0. The van der Waals surface area contributed by atoms with Gasteiger partial charge in [-0.05, 0) is 40.9 Å². The molecule has 0 atom stereocenters. The van der Waals surface area contributed by atoms with E-state index in [1.165, 1.54) is 22.2 Å². The lowest BCUT2D eigenvalue weighted by Gasteiger charge is -2.04. The van der Waals surface area contributed by atoms with E-state index in [1.54, 1.807) is 0 Å². The number of hydrogen-bond donors (Lipinski definition) is 1. The van der Waals surface area contributed by atoms with Crippen molar-refractivity contribution in [1.29, 1.82) is 0 Å². The number of benzene rings is 1. The number of hydrogen-bond acceptors (Lipinski definition) is 2. The molecule has 0 bridgehead atoms. The van der Waals surface area contributed by atoms with Crippen LogP contribution < -0.4 is 5.32 Å². The van der Waals surface area contributed by atoms with Crippen LogP contribution in [0.15, 0.2) is 33.6 Å². The molecule has 76 valence electrons. The summed E-state index contributed by atoms with van der Waals surface area (Å²) in [6.07, 6.45) is 2.75. The van der Waals surface area contributed by atoms with Crippen LogP contribution in [0.5, 0.6) is 0 Å². The Bertz CT molecular complexity index is 299. The van der Waals surface area contributed by atoms with Crippen molar-refractivity contribution >= 4 is 27.7 Å². The van der Waals surface area contributed by atoms with E-state index >= 15 is 0 Å². The van der Waals surface area contributed by atoms with Gasteiger partial charge >= 0.3 is 0 Å². The van der Waals surface area contributed by atoms with Crippen LogP contribution in [0.3, 0.4) is 0 Å². The van der Waals surface area contributed by atoms with Gasteiger partial charge in [0.25, 0.3) is 0 Å². The third kappa shape index (κ3) is 3.30. The maximum atomic E-state index is 3.55. The first-order valence-electron chi connectivity index (χ1n) is 4.97. The largest absolute Gasteiger partial charge is 0.313 e. The fourth-order valence-corrected chi connectivity index (χ4v) is 2.72. The predicted octanol–water partition coefficient (Wildman–Crippen LogP) is 3.29. The average molecular weight is 272 g/mol. The van der Waals surface area contributed by atoms with E-state index < -0.39 is 0 Å². The molecule has 1 aromatic carbocycles. The minimum Gasteiger partial charge on any atom is -0.313 e. The van der Waals surface area contributed by atoms with Gasteiger partial charge in [-0.1, -0.05) is 12.1 Å². The summed E-state index contributed by atoms with van der Waals surface area (Å²) in [7, 11) is 0. The van der Waals surface area contributed by atoms with Crippen molar-refractivity contribution in [2.24, 2.45) is 0 Å². The van der Waals surface area contributed by atoms with Crippen LogP contribution in [0, 0.1) is 0 Å². The summed E-state index contributed by atoms with van der Waals surface area (Å²) in [4.78, 5) is 1.34. The summed E-state index contributed by atoms with van der Waals surface area (Å²) in [5, 5.41) is 3.51. The highest BCUT2D eigenvalue weighted by molar-refractivity contribution is 9.10. The van der Waals surface area contributed by atoms with Gasteiger partial charge in [-0.15, -0.1) is 11.8 Å². The second-order valence-corrected chi connectivity index (χ2v) is 5.50. The monoisotopic (exact) mass is 271 g/mol. The Morgan fingerprint density at radius 3 is 2.86 bits per heavy atom. The topological polar surface area (TPSA) is 12.0 Å². The molecule has 1 aliphatic rings. The molecular formula is C11H14BrNS. The molecule has 1 aromatic rings. The molecule has 0 spiro atoms. The summed E-state index contributed by atoms with van der Waals surface area (Å²) in [5.74, 6) is 1.15. The molecule has 14 heavy (non-hydrogen) atoms. The average Bonchev–Trinajstić information content (AvgIpc) is 2.99. The van der Waals surface area contributed by atoms with Crippen molar-refractivity contribution in [1.82, 2.24) is 5.32 Å². The van der Waals surface area contributed by atoms with Gasteiger partial charge in [-0.3, -0.25) is 0 Å². The highest BCUT2D eigenvalue weighted by Crippen LogP contribution is 2.26. The molecule has 0 radical (unpaired) electrons. The molecule has 0 aliphatic heterocycles. The van der Waals surface area contributed by atoms with Crippen LogP contribution in [0.4, 0.5) is 0 Å². The van der Waals surface area contributed by atoms with Gasteiger partial charge in [0.05, 0.1) is 0 Å². The van der Waals surface area contributed by atoms with E-state index in [2.05, 4.69) is 45.5 Å². The maximum absolute atomic E-state index is 3.55. The smallest absolute Gasteiger partial charge is 0.0311 e. The molecule has 0 aromatic heterocycles. The van der Waals surface area contributed by atoms with Crippen LogP contribution in [-0.2, 0) is 0 Å². The van der Waals surface area contributed by atoms with Crippen molar-refractivity contribution in [3.05, 3.63) is 28.7 Å². The van der Waals surface area contributed by atoms with Crippen LogP contribution >= 0.6 is 27.7 Å². The van der Waals surface area contributed by atoms with E-state index in [9.17, 15) is 0 Å². The fourth-order valence-electron chi connectivity index (χ4n) is 1.27. The van der Waals surface area contributed by atoms with Crippen LogP contribution in [-0.4, -0.2) is 18.3 Å². The van der Waals surface area contributed by atoms with Crippen molar-refractivity contribution in [2.45, 2.75) is 23.8 Å². The number of thioether (sulfide) groups is 1. The summed E-state index contributed by atoms with van der Waals surface area (Å²) >= 11 is 5.46. The van der Waals surface area contributed by atoms with Gasteiger partial charge in [-0.2, -0.15) is 0 Å². The quantitative estimate of drug-likeness (QED) is 0.652. The number of halogens is 1. The van der Waals surface area contributed by atoms with Crippen LogP contribution in [0.25, 0.3) is 0 Å². The van der Waals surface area contributed by atoms with Crippen molar-refractivity contribution in [3.63, 3.8) is 0 Å². The molecule has 1 nitrogen and oxygen atoms in total. The van der Waals surface area contributed by atoms with Gasteiger partial charge < -0.3 is 5.32 Å². The lowest BCUT2D eigenvalue weighted by molar-refractivity contribution is 0.726. The maximum Gasteiger partial charge on any atom is 0.0311 e. The highest BCUT2D eigenvalue weighted by Gasteiger charge is 2.19. The van der Waals surface area contributed by atoms with E-state index in [-0.39, 0.29) is 0 Å². The van der Waals surface area contributed by atoms with Crippen molar-refractivity contribution < 1.29 is 0 Å². The zero-order chi connectivity index (χ0) is 9.80. The van der Waals surface area contributed by atoms with Crippen molar-refractivity contribution in [2.75, 3.05) is 12.3 Å². The van der Waals surface area contributed by atoms with Gasteiger partial charge in [0.1, 0.15) is 0 Å². The summed E-state index contributed by atoms with van der Waals surface area (Å²) in [6, 6.07) is 9.22. The Morgan fingerprint density at radius 2 is 2.14 bits per heavy atom. The van der Waals surface area contributed by atoms with Crippen LogP contribution in [0.1, 0.15) is 12.8 Å². The first kappa shape index (κ1) is 10.5. The third-order valence-corrected chi connectivity index (χ3v) is 4.24. The summed E-state index contributed by atoms with van der Waals surface area (Å²) in [6.45, 7) is 1.12. The zero-order valence-electron chi connectivity index (χ0n) is 8.00. The molecule has 1 aliphatic carbocycles. The van der Waals surface area contributed by atoms with Gasteiger partial charge in [0.2, 0.25) is 0 Å². The first-order valence-corrected chi connectivity index (χ1v) is 6.75. The minimum absolute atomic E-state index is 0.829. The Labute approximate surface area is 97.8 Å². The number of rotatable bonds is 5. The molecule has 2 rings (SSSR count). The molecule has 1 N–H and O–H groups in total. The molecule has 3 heteroatoms. The zero-order valence-corrected chi connectivity index (χ0v) is 10.4. The fraction of sp³-hybridized carbons (Fsp3) is 0.455. The lowest BCUT2D eigenvalue weighted by atomic mass is 10.4. The molecular weight excluding hydrogens is 258 g/mol. The molecule has 1 saturated carbocycles. The Hall–Kier alpha value is 0.01000. The Morgan fingerprint density at radius 1 is 1.36 bits per heavy atom. The van der Waals surface area contributed by atoms with E-state index in [0.29, 0.717) is 0 Å². The third-order valence-electron chi connectivity index (χ3n) is 2.21. The standard InChI is InChI=1S/C11H14BrNS/c12-10-3-1-2-4-11(10)14-8-7-13-9-5-6-9/h1-4,9,13H,5-8H2. The van der Waals surface area contributed by atoms with Gasteiger partial charge in [0, 0.05) is 27.7 Å². The normalized spacial score (nSPS) is 15.8. The highest BCUT2D eigenvalue weighted by atomic mass is 79.9. The second kappa shape index (κ2) is 5.19. The lowest BCUT2D eigenvalue weighted by Crippen LogP contribution is -2.19. The SMILES string of the molecule is Brc1ccccc1SCCNC1CC1. The molecule has 1 fully saturated rings. The molecule has 0 unspecified atom stereocenters. The summed E-state index contributed by atoms with van der Waals surface area (Å²) < 4.78 is 1.21. The Balaban J connectivity index is 1.71. The van der Waals surface area contributed by atoms with E-state index in [1.807, 2.05) is 11.8 Å². The van der Waals surface area contributed by atoms with E-state index in [0.717, 1.165) is 18.3 Å². The van der Waals surface area contributed by atoms with E-state index in [4.69, 9.17) is 0 Å². The van der Waals surface area contributed by atoms with Gasteiger partial charge in [0.15, 0.2) is 0 Å². The molecule has 0 saturated heterocycles. The molecule has 0 heterocycles. The second-order valence-electron chi connectivity index (χ2n) is 3.51.